The van der Waals surface area contributed by atoms with Gasteiger partial charge in [-0.3, -0.25) is 14.9 Å². The molecule has 4 amide bonds. The number of carbonyl (C=O) groups excluding carboxylic acids is 3. The van der Waals surface area contributed by atoms with Gasteiger partial charge in [-0.05, 0) is 17.7 Å². The summed E-state index contributed by atoms with van der Waals surface area (Å²) in [6.07, 6.45) is -0.616. The van der Waals surface area contributed by atoms with Crippen molar-refractivity contribution in [3.05, 3.63) is 66.2 Å². The lowest BCUT2D eigenvalue weighted by atomic mass is 10.1. The van der Waals surface area contributed by atoms with Gasteiger partial charge >= 0.3 is 6.03 Å². The number of benzene rings is 2. The van der Waals surface area contributed by atoms with E-state index in [9.17, 15) is 14.4 Å². The number of imide groups is 1. The van der Waals surface area contributed by atoms with Crippen molar-refractivity contribution in [3.63, 3.8) is 0 Å². The van der Waals surface area contributed by atoms with Crippen LogP contribution in [0.3, 0.4) is 0 Å². The zero-order valence-electron chi connectivity index (χ0n) is 16.3. The first-order chi connectivity index (χ1) is 14.5. The maximum atomic E-state index is 12.6. The summed E-state index contributed by atoms with van der Waals surface area (Å²) in [5, 5.41) is 5.78. The van der Waals surface area contributed by atoms with Gasteiger partial charge in [0.05, 0.1) is 5.75 Å². The summed E-state index contributed by atoms with van der Waals surface area (Å²) in [5.74, 6) is -0.415. The highest BCUT2D eigenvalue weighted by atomic mass is 32.2. The third-order valence-corrected chi connectivity index (χ3v) is 5.91. The first-order valence-corrected chi connectivity index (χ1v) is 10.5. The number of para-hydroxylation sites is 1. The van der Waals surface area contributed by atoms with Crippen molar-refractivity contribution >= 4 is 40.5 Å². The number of aliphatic imine (C=N–C) groups is 1. The van der Waals surface area contributed by atoms with Crippen molar-refractivity contribution in [1.82, 2.24) is 15.1 Å². The fourth-order valence-corrected chi connectivity index (χ4v) is 4.27. The van der Waals surface area contributed by atoms with Crippen LogP contribution >= 0.6 is 11.8 Å². The predicted molar refractivity (Wildman–Crippen MR) is 116 cm³/mol. The van der Waals surface area contributed by atoms with E-state index in [1.54, 1.807) is 7.05 Å². The van der Waals surface area contributed by atoms with Crippen LogP contribution in [0.25, 0.3) is 0 Å². The molecule has 2 atom stereocenters. The van der Waals surface area contributed by atoms with Crippen LogP contribution in [-0.4, -0.2) is 57.8 Å². The highest BCUT2D eigenvalue weighted by molar-refractivity contribution is 8.14. The number of thioether (sulfide) groups is 1. The molecule has 4 rings (SSSR count). The van der Waals surface area contributed by atoms with Crippen molar-refractivity contribution in [2.75, 3.05) is 18.1 Å². The van der Waals surface area contributed by atoms with Crippen LogP contribution in [0.5, 0.6) is 0 Å². The molecule has 9 heteroatoms. The molecule has 0 spiro atoms. The van der Waals surface area contributed by atoms with Crippen molar-refractivity contribution in [1.29, 1.82) is 0 Å². The molecule has 8 nitrogen and oxygen atoms in total. The molecule has 2 heterocycles. The number of fused-ring (bicyclic) bond motifs is 1. The summed E-state index contributed by atoms with van der Waals surface area (Å²) < 4.78 is 0. The van der Waals surface area contributed by atoms with Gasteiger partial charge in [-0.1, -0.05) is 60.3 Å². The average Bonchev–Trinajstić information content (AvgIpc) is 3.11. The zero-order valence-corrected chi connectivity index (χ0v) is 17.1. The number of hydrogen-bond donors (Lipinski definition) is 2. The van der Waals surface area contributed by atoms with Crippen molar-refractivity contribution < 1.29 is 14.4 Å². The maximum absolute atomic E-state index is 12.6. The van der Waals surface area contributed by atoms with E-state index in [-0.39, 0.29) is 17.6 Å². The van der Waals surface area contributed by atoms with Crippen LogP contribution in [-0.2, 0) is 16.1 Å². The van der Waals surface area contributed by atoms with Crippen molar-refractivity contribution in [3.8, 4) is 0 Å². The number of nitrogens with zero attached hydrogens (tertiary/aromatic N) is 3. The third-order valence-electron chi connectivity index (χ3n) is 4.91. The van der Waals surface area contributed by atoms with Gasteiger partial charge in [-0.25, -0.2) is 9.79 Å². The lowest BCUT2D eigenvalue weighted by molar-refractivity contribution is -0.127. The van der Waals surface area contributed by atoms with Gasteiger partial charge in [0.1, 0.15) is 0 Å². The topological polar surface area (TPSA) is 94.1 Å². The molecule has 2 N–H and O–H groups in total. The Balaban J connectivity index is 1.51. The molecule has 1 saturated heterocycles. The van der Waals surface area contributed by atoms with Crippen molar-refractivity contribution in [2.45, 2.75) is 18.8 Å². The summed E-state index contributed by atoms with van der Waals surface area (Å²) in [6, 6.07) is 17.8. The normalized spacial score (nSPS) is 20.5. The Labute approximate surface area is 178 Å². The van der Waals surface area contributed by atoms with Crippen LogP contribution in [0.2, 0.25) is 0 Å². The minimum atomic E-state index is -0.632. The molecular formula is C21H21N5O3S. The summed E-state index contributed by atoms with van der Waals surface area (Å²) in [6.45, 7) is 0.448. The van der Waals surface area contributed by atoms with Gasteiger partial charge in [0.15, 0.2) is 17.4 Å². The van der Waals surface area contributed by atoms with Gasteiger partial charge in [-0.2, -0.15) is 0 Å². The molecule has 0 aliphatic carbocycles. The molecule has 0 aromatic heterocycles. The monoisotopic (exact) mass is 423 g/mol. The number of anilines is 1. The van der Waals surface area contributed by atoms with E-state index < -0.39 is 18.2 Å². The number of likely N-dealkylation sites (N-methyl/N-ethyl adjacent to an activating group) is 1. The standard InChI is InChI=1S/C21H21N5O3S/c1-25-18-17(19(28)24-20(25)29)26(12-14-8-4-2-5-9-14)21(23-18)30-13-16(27)22-15-10-6-3-7-11-15/h2-11,17-18H,12-13H2,1H3,(H,22,27)(H,24,28,29). The number of carbonyl (C=O) groups is 3. The summed E-state index contributed by atoms with van der Waals surface area (Å²) in [5.41, 5.74) is 1.73. The van der Waals surface area contributed by atoms with E-state index in [1.807, 2.05) is 65.6 Å². The SMILES string of the molecule is CN1C(=O)NC(=O)C2C1N=C(SCC(=O)Nc1ccccc1)N2Cc1ccccc1. The Kier molecular flexibility index (Phi) is 5.71. The molecule has 0 bridgehead atoms. The quantitative estimate of drug-likeness (QED) is 0.768. The second-order valence-electron chi connectivity index (χ2n) is 6.99. The van der Waals surface area contributed by atoms with Crippen LogP contribution < -0.4 is 10.6 Å². The van der Waals surface area contributed by atoms with Gasteiger partial charge in [0.25, 0.3) is 5.91 Å². The van der Waals surface area contributed by atoms with Gasteiger partial charge < -0.3 is 15.1 Å². The number of amidine groups is 1. The molecule has 0 saturated carbocycles. The highest BCUT2D eigenvalue weighted by Gasteiger charge is 2.48. The van der Waals surface area contributed by atoms with Gasteiger partial charge in [-0.15, -0.1) is 0 Å². The van der Waals surface area contributed by atoms with E-state index in [1.165, 1.54) is 16.7 Å². The van der Waals surface area contributed by atoms with Crippen LogP contribution in [0, 0.1) is 0 Å². The van der Waals surface area contributed by atoms with Gasteiger partial charge in [0, 0.05) is 19.3 Å². The Morgan fingerprint density at radius 3 is 2.47 bits per heavy atom. The second-order valence-corrected chi connectivity index (χ2v) is 7.93. The average molecular weight is 423 g/mol. The number of rotatable bonds is 5. The third kappa shape index (κ3) is 4.16. The first kappa shape index (κ1) is 20.0. The van der Waals surface area contributed by atoms with E-state index >= 15 is 0 Å². The largest absolute Gasteiger partial charge is 0.331 e. The van der Waals surface area contributed by atoms with E-state index in [2.05, 4.69) is 15.6 Å². The highest BCUT2D eigenvalue weighted by Crippen LogP contribution is 2.30. The Bertz CT molecular complexity index is 983. The number of amides is 4. The molecule has 154 valence electrons. The van der Waals surface area contributed by atoms with E-state index in [0.29, 0.717) is 11.7 Å². The molecule has 2 aromatic rings. The molecule has 2 aliphatic rings. The van der Waals surface area contributed by atoms with Crippen LogP contribution in [0.1, 0.15) is 5.56 Å². The summed E-state index contributed by atoms with van der Waals surface area (Å²) in [7, 11) is 1.61. The fraction of sp³-hybridized carbons (Fsp3) is 0.238. The number of nitrogens with one attached hydrogen (secondary N) is 2. The maximum Gasteiger partial charge on any atom is 0.325 e. The first-order valence-electron chi connectivity index (χ1n) is 9.46. The molecule has 2 unspecified atom stereocenters. The molecule has 2 aliphatic heterocycles. The lowest BCUT2D eigenvalue weighted by Gasteiger charge is -2.36. The second kappa shape index (κ2) is 8.58. The van der Waals surface area contributed by atoms with Crippen LogP contribution in [0.4, 0.5) is 10.5 Å². The number of hydrogen-bond acceptors (Lipinski definition) is 6. The van der Waals surface area contributed by atoms with Crippen LogP contribution in [0.15, 0.2) is 65.7 Å². The minimum Gasteiger partial charge on any atom is -0.331 e. The predicted octanol–water partition coefficient (Wildman–Crippen LogP) is 2.11. The molecule has 0 radical (unpaired) electrons. The minimum absolute atomic E-state index is 0.137. The molecule has 1 fully saturated rings. The molecule has 2 aromatic carbocycles. The molecule has 30 heavy (non-hydrogen) atoms. The van der Waals surface area contributed by atoms with E-state index in [4.69, 9.17) is 0 Å². The fourth-order valence-electron chi connectivity index (χ4n) is 3.42. The number of urea groups is 1. The smallest absolute Gasteiger partial charge is 0.325 e. The Hall–Kier alpha value is -3.33. The lowest BCUT2D eigenvalue weighted by Crippen LogP contribution is -2.63. The van der Waals surface area contributed by atoms with E-state index in [0.717, 1.165) is 11.3 Å². The van der Waals surface area contributed by atoms with Gasteiger partial charge in [0.2, 0.25) is 5.91 Å². The molecular weight excluding hydrogens is 402 g/mol. The van der Waals surface area contributed by atoms with Crippen molar-refractivity contribution in [2.24, 2.45) is 4.99 Å². The summed E-state index contributed by atoms with van der Waals surface area (Å²) in [4.78, 5) is 44.9. The Morgan fingerprint density at radius 2 is 1.77 bits per heavy atom. The Morgan fingerprint density at radius 1 is 1.10 bits per heavy atom. The zero-order chi connectivity index (χ0) is 21.1. The summed E-state index contributed by atoms with van der Waals surface area (Å²) >= 11 is 1.26.